The number of nitrogens with one attached hydrogen (secondary N) is 1. The van der Waals surface area contributed by atoms with Crippen molar-refractivity contribution in [3.05, 3.63) is 72.9 Å². The second kappa shape index (κ2) is 7.32. The summed E-state index contributed by atoms with van der Waals surface area (Å²) >= 11 is 0. The fourth-order valence-corrected chi connectivity index (χ4v) is 3.91. The van der Waals surface area contributed by atoms with Crippen molar-refractivity contribution in [1.82, 2.24) is 14.6 Å². The molecule has 0 bridgehead atoms. The molecular formula is C20H18N4O3S. The third-order valence-corrected chi connectivity index (χ3v) is 5.53. The molecule has 0 saturated heterocycles. The molecule has 1 N–H and O–H groups in total. The van der Waals surface area contributed by atoms with Crippen LogP contribution in [0, 0.1) is 0 Å². The van der Waals surface area contributed by atoms with Crippen molar-refractivity contribution in [1.29, 1.82) is 0 Å². The van der Waals surface area contributed by atoms with Gasteiger partial charge in [-0.15, -0.1) is 10.2 Å². The van der Waals surface area contributed by atoms with E-state index in [4.69, 9.17) is 4.74 Å². The van der Waals surface area contributed by atoms with Gasteiger partial charge in [0.2, 0.25) is 0 Å². The van der Waals surface area contributed by atoms with Crippen LogP contribution in [0.3, 0.4) is 0 Å². The number of rotatable bonds is 6. The van der Waals surface area contributed by atoms with Gasteiger partial charge >= 0.3 is 0 Å². The lowest BCUT2D eigenvalue weighted by Crippen LogP contribution is -2.13. The zero-order chi connectivity index (χ0) is 19.6. The summed E-state index contributed by atoms with van der Waals surface area (Å²) in [5.74, 6) is 1.26. The van der Waals surface area contributed by atoms with Crippen LogP contribution in [-0.4, -0.2) is 29.6 Å². The van der Waals surface area contributed by atoms with E-state index >= 15 is 0 Å². The first kappa shape index (κ1) is 18.0. The van der Waals surface area contributed by atoms with E-state index in [-0.39, 0.29) is 4.90 Å². The molecule has 2 heterocycles. The summed E-state index contributed by atoms with van der Waals surface area (Å²) < 4.78 is 35.2. The average Bonchev–Trinajstić information content (AvgIpc) is 3.13. The maximum Gasteiger partial charge on any atom is 0.261 e. The summed E-state index contributed by atoms with van der Waals surface area (Å²) in [7, 11) is -3.72. The van der Waals surface area contributed by atoms with Crippen LogP contribution in [0.5, 0.6) is 5.75 Å². The molecule has 0 spiro atoms. The van der Waals surface area contributed by atoms with E-state index in [0.29, 0.717) is 23.9 Å². The first-order chi connectivity index (χ1) is 13.6. The summed E-state index contributed by atoms with van der Waals surface area (Å²) in [6.45, 7) is 2.40. The third-order valence-electron chi connectivity index (χ3n) is 4.13. The van der Waals surface area contributed by atoms with Gasteiger partial charge in [0.05, 0.1) is 11.5 Å². The number of nitrogens with zero attached hydrogens (tertiary/aromatic N) is 3. The Kier molecular flexibility index (Phi) is 4.70. The molecule has 0 aliphatic rings. The minimum Gasteiger partial charge on any atom is -0.494 e. The Balaban J connectivity index is 1.62. The van der Waals surface area contributed by atoms with Crippen molar-refractivity contribution in [3.8, 4) is 17.1 Å². The molecule has 0 fully saturated rings. The van der Waals surface area contributed by atoms with Crippen LogP contribution >= 0.6 is 0 Å². The molecule has 4 rings (SSSR count). The molecule has 2 aromatic carbocycles. The molecule has 0 unspecified atom stereocenters. The number of sulfonamides is 1. The normalized spacial score (nSPS) is 11.5. The SMILES string of the molecule is CCOc1ccc(S(=O)(=O)Nc2cccc(-c3nnc4ccccn34)c2)cc1. The van der Waals surface area contributed by atoms with Crippen LogP contribution in [-0.2, 0) is 10.0 Å². The molecule has 7 nitrogen and oxygen atoms in total. The molecule has 0 saturated carbocycles. The Hall–Kier alpha value is -3.39. The van der Waals surface area contributed by atoms with E-state index in [9.17, 15) is 8.42 Å². The van der Waals surface area contributed by atoms with Gasteiger partial charge in [-0.2, -0.15) is 0 Å². The van der Waals surface area contributed by atoms with Crippen molar-refractivity contribution in [3.63, 3.8) is 0 Å². The Morgan fingerprint density at radius 1 is 1.00 bits per heavy atom. The minimum atomic E-state index is -3.72. The molecule has 0 amide bonds. The first-order valence-corrected chi connectivity index (χ1v) is 10.2. The van der Waals surface area contributed by atoms with E-state index in [0.717, 1.165) is 11.2 Å². The van der Waals surface area contributed by atoms with Gasteiger partial charge in [-0.05, 0) is 55.5 Å². The van der Waals surface area contributed by atoms with Crippen LogP contribution in [0.25, 0.3) is 17.0 Å². The topological polar surface area (TPSA) is 85.6 Å². The molecule has 28 heavy (non-hydrogen) atoms. The summed E-state index contributed by atoms with van der Waals surface area (Å²) in [5, 5.41) is 8.34. The third kappa shape index (κ3) is 3.54. The number of anilines is 1. The standard InChI is InChI=1S/C20H18N4O3S/c1-2-27-17-9-11-18(12-10-17)28(25,26)23-16-7-5-6-15(14-16)20-22-21-19-8-3-4-13-24(19)20/h3-14,23H,2H2,1H3. The van der Waals surface area contributed by atoms with E-state index in [1.165, 1.54) is 12.1 Å². The van der Waals surface area contributed by atoms with E-state index in [1.54, 1.807) is 30.3 Å². The highest BCUT2D eigenvalue weighted by Crippen LogP contribution is 2.24. The Bertz CT molecular complexity index is 1220. The molecule has 0 aliphatic heterocycles. The van der Waals surface area contributed by atoms with Gasteiger partial charge in [0.15, 0.2) is 11.5 Å². The van der Waals surface area contributed by atoms with Gasteiger partial charge in [0.1, 0.15) is 5.75 Å². The predicted molar refractivity (Wildman–Crippen MR) is 107 cm³/mol. The highest BCUT2D eigenvalue weighted by atomic mass is 32.2. The highest BCUT2D eigenvalue weighted by Gasteiger charge is 2.15. The van der Waals surface area contributed by atoms with Crippen molar-refractivity contribution < 1.29 is 13.2 Å². The fraction of sp³-hybridized carbons (Fsp3) is 0.100. The van der Waals surface area contributed by atoms with Crippen LogP contribution in [0.2, 0.25) is 0 Å². The van der Waals surface area contributed by atoms with Crippen LogP contribution < -0.4 is 9.46 Å². The molecule has 8 heteroatoms. The monoisotopic (exact) mass is 394 g/mol. The van der Waals surface area contributed by atoms with E-state index in [1.807, 2.05) is 41.8 Å². The smallest absolute Gasteiger partial charge is 0.261 e. The van der Waals surface area contributed by atoms with Gasteiger partial charge in [0.25, 0.3) is 10.0 Å². The molecule has 0 aliphatic carbocycles. The van der Waals surface area contributed by atoms with Crippen LogP contribution in [0.15, 0.2) is 77.8 Å². The number of fused-ring (bicyclic) bond motifs is 1. The molecule has 0 atom stereocenters. The zero-order valence-electron chi connectivity index (χ0n) is 15.1. The molecule has 142 valence electrons. The Labute approximate surface area is 162 Å². The number of pyridine rings is 1. The van der Waals surface area contributed by atoms with Crippen LogP contribution in [0.4, 0.5) is 5.69 Å². The van der Waals surface area contributed by atoms with Crippen molar-refractivity contribution >= 4 is 21.4 Å². The summed E-state index contributed by atoms with van der Waals surface area (Å²) in [6, 6.07) is 19.0. The molecular weight excluding hydrogens is 376 g/mol. The first-order valence-electron chi connectivity index (χ1n) is 8.73. The zero-order valence-corrected chi connectivity index (χ0v) is 15.9. The molecule has 2 aromatic heterocycles. The quantitative estimate of drug-likeness (QED) is 0.540. The average molecular weight is 394 g/mol. The lowest BCUT2D eigenvalue weighted by molar-refractivity contribution is 0.340. The van der Waals surface area contributed by atoms with E-state index < -0.39 is 10.0 Å². The lowest BCUT2D eigenvalue weighted by atomic mass is 10.2. The predicted octanol–water partition coefficient (Wildman–Crippen LogP) is 3.60. The second-order valence-electron chi connectivity index (χ2n) is 6.04. The van der Waals surface area contributed by atoms with Crippen molar-refractivity contribution in [2.24, 2.45) is 0 Å². The lowest BCUT2D eigenvalue weighted by Gasteiger charge is -2.10. The number of hydrogen-bond donors (Lipinski definition) is 1. The Morgan fingerprint density at radius 2 is 1.82 bits per heavy atom. The van der Waals surface area contributed by atoms with Gasteiger partial charge in [-0.3, -0.25) is 9.12 Å². The number of hydrogen-bond acceptors (Lipinski definition) is 5. The Morgan fingerprint density at radius 3 is 2.61 bits per heavy atom. The van der Waals surface area contributed by atoms with Gasteiger partial charge < -0.3 is 4.74 Å². The number of aromatic nitrogens is 3. The van der Waals surface area contributed by atoms with Gasteiger partial charge in [0, 0.05) is 17.4 Å². The van der Waals surface area contributed by atoms with Gasteiger partial charge in [-0.1, -0.05) is 18.2 Å². The second-order valence-corrected chi connectivity index (χ2v) is 7.73. The fourth-order valence-electron chi connectivity index (χ4n) is 2.86. The largest absolute Gasteiger partial charge is 0.494 e. The van der Waals surface area contributed by atoms with Crippen molar-refractivity contribution in [2.45, 2.75) is 11.8 Å². The van der Waals surface area contributed by atoms with Gasteiger partial charge in [-0.25, -0.2) is 8.42 Å². The summed E-state index contributed by atoms with van der Waals surface area (Å²) in [4.78, 5) is 0.161. The molecule has 0 radical (unpaired) electrons. The van der Waals surface area contributed by atoms with E-state index in [2.05, 4.69) is 14.9 Å². The highest BCUT2D eigenvalue weighted by molar-refractivity contribution is 7.92. The summed E-state index contributed by atoms with van der Waals surface area (Å²) in [5.41, 5.74) is 1.92. The van der Waals surface area contributed by atoms with Crippen molar-refractivity contribution in [2.75, 3.05) is 11.3 Å². The minimum absolute atomic E-state index is 0.161. The maximum atomic E-state index is 12.7. The number of ether oxygens (including phenoxy) is 1. The molecule has 4 aromatic rings. The summed E-state index contributed by atoms with van der Waals surface area (Å²) in [6.07, 6.45) is 1.86. The number of benzene rings is 2. The van der Waals surface area contributed by atoms with Crippen LogP contribution in [0.1, 0.15) is 6.92 Å². The maximum absolute atomic E-state index is 12.7.